The van der Waals surface area contributed by atoms with Crippen LogP contribution in [-0.2, 0) is 6.54 Å². The van der Waals surface area contributed by atoms with E-state index in [0.717, 1.165) is 12.1 Å². The van der Waals surface area contributed by atoms with Gasteiger partial charge in [-0.3, -0.25) is 0 Å². The van der Waals surface area contributed by atoms with E-state index in [4.69, 9.17) is 20.8 Å². The van der Waals surface area contributed by atoms with Crippen LogP contribution in [0.3, 0.4) is 0 Å². The van der Waals surface area contributed by atoms with Gasteiger partial charge in [-0.25, -0.2) is 0 Å². The molecule has 106 valence electrons. The quantitative estimate of drug-likeness (QED) is 0.249. The third-order valence-electron chi connectivity index (χ3n) is 2.78. The first-order valence-electron chi connectivity index (χ1n) is 6.08. The van der Waals surface area contributed by atoms with Crippen molar-refractivity contribution in [3.63, 3.8) is 0 Å². The lowest BCUT2D eigenvalue weighted by atomic mass is 10.1. The molecular formula is C13H21N3O3. The number of hydrogen-bond donors (Lipinski definition) is 4. The van der Waals surface area contributed by atoms with E-state index < -0.39 is 0 Å². The first-order valence-corrected chi connectivity index (χ1v) is 6.08. The van der Waals surface area contributed by atoms with Gasteiger partial charge >= 0.3 is 0 Å². The molecule has 0 amide bonds. The molecule has 0 saturated heterocycles. The van der Waals surface area contributed by atoms with Crippen molar-refractivity contribution in [2.75, 3.05) is 20.3 Å². The number of amidine groups is 1. The molecule has 1 unspecified atom stereocenters. The van der Waals surface area contributed by atoms with Gasteiger partial charge in [0.1, 0.15) is 5.75 Å². The summed E-state index contributed by atoms with van der Waals surface area (Å²) in [5.41, 5.74) is 7.15. The maximum atomic E-state index is 8.93. The second kappa shape index (κ2) is 7.60. The third-order valence-corrected chi connectivity index (χ3v) is 2.78. The summed E-state index contributed by atoms with van der Waals surface area (Å²) < 4.78 is 5.16. The first-order chi connectivity index (χ1) is 9.12. The molecule has 0 aliphatic heterocycles. The van der Waals surface area contributed by atoms with Gasteiger partial charge < -0.3 is 26.1 Å². The number of aliphatic hydroxyl groups excluding tert-OH is 1. The number of ether oxygens (including phenoxy) is 1. The van der Waals surface area contributed by atoms with E-state index in [9.17, 15) is 0 Å². The summed E-state index contributed by atoms with van der Waals surface area (Å²) in [5, 5.41) is 23.9. The van der Waals surface area contributed by atoms with Crippen LogP contribution in [0.15, 0.2) is 23.4 Å². The SMILES string of the molecule is COc1ccc(CNCC(C)CO)cc1C(N)=NO. The molecule has 0 radical (unpaired) electrons. The fraction of sp³-hybridized carbons (Fsp3) is 0.462. The zero-order valence-corrected chi connectivity index (χ0v) is 11.3. The van der Waals surface area contributed by atoms with Crippen LogP contribution in [-0.4, -0.2) is 36.4 Å². The van der Waals surface area contributed by atoms with Crippen LogP contribution in [0.2, 0.25) is 0 Å². The minimum absolute atomic E-state index is 0.0161. The molecule has 5 N–H and O–H groups in total. The van der Waals surface area contributed by atoms with Crippen molar-refractivity contribution in [1.29, 1.82) is 0 Å². The molecule has 1 rings (SSSR count). The molecule has 1 atom stereocenters. The number of oxime groups is 1. The molecule has 1 aromatic carbocycles. The van der Waals surface area contributed by atoms with Gasteiger partial charge in [-0.1, -0.05) is 18.1 Å². The number of nitrogens with one attached hydrogen (secondary N) is 1. The topological polar surface area (TPSA) is 100 Å². The van der Waals surface area contributed by atoms with Gasteiger partial charge in [-0.05, 0) is 23.6 Å². The highest BCUT2D eigenvalue weighted by molar-refractivity contribution is 5.99. The molecule has 19 heavy (non-hydrogen) atoms. The van der Waals surface area contributed by atoms with Crippen molar-refractivity contribution in [2.45, 2.75) is 13.5 Å². The summed E-state index contributed by atoms with van der Waals surface area (Å²) in [5.74, 6) is 0.784. The number of methoxy groups -OCH3 is 1. The molecule has 0 aromatic heterocycles. The number of aliphatic hydroxyl groups is 1. The molecule has 6 nitrogen and oxygen atoms in total. The Morgan fingerprint density at radius 3 is 2.84 bits per heavy atom. The maximum absolute atomic E-state index is 8.93. The molecule has 0 saturated carbocycles. The van der Waals surface area contributed by atoms with Crippen molar-refractivity contribution >= 4 is 5.84 Å². The monoisotopic (exact) mass is 267 g/mol. The highest BCUT2D eigenvalue weighted by Gasteiger charge is 2.09. The van der Waals surface area contributed by atoms with Crippen molar-refractivity contribution < 1.29 is 15.1 Å². The fourth-order valence-electron chi connectivity index (χ4n) is 1.65. The van der Waals surface area contributed by atoms with Gasteiger partial charge in [-0.2, -0.15) is 0 Å². The van der Waals surface area contributed by atoms with Crippen LogP contribution in [0.5, 0.6) is 5.75 Å². The van der Waals surface area contributed by atoms with Crippen molar-refractivity contribution in [3.05, 3.63) is 29.3 Å². The van der Waals surface area contributed by atoms with Gasteiger partial charge in [-0.15, -0.1) is 0 Å². The van der Waals surface area contributed by atoms with E-state index in [1.54, 1.807) is 6.07 Å². The Kier molecular flexibility index (Phi) is 6.11. The molecule has 0 aliphatic carbocycles. The van der Waals surface area contributed by atoms with Crippen molar-refractivity contribution in [1.82, 2.24) is 5.32 Å². The van der Waals surface area contributed by atoms with E-state index in [1.165, 1.54) is 7.11 Å². The lowest BCUT2D eigenvalue weighted by Gasteiger charge is -2.12. The smallest absolute Gasteiger partial charge is 0.173 e. The summed E-state index contributed by atoms with van der Waals surface area (Å²) >= 11 is 0. The van der Waals surface area contributed by atoms with Crippen LogP contribution < -0.4 is 15.8 Å². The minimum atomic E-state index is 0.0161. The normalized spacial score (nSPS) is 13.3. The molecule has 0 heterocycles. The predicted octanol–water partition coefficient (Wildman–Crippen LogP) is 0.508. The first kappa shape index (κ1) is 15.3. The highest BCUT2D eigenvalue weighted by Crippen LogP contribution is 2.19. The second-order valence-electron chi connectivity index (χ2n) is 4.44. The van der Waals surface area contributed by atoms with Gasteiger partial charge in [0.25, 0.3) is 0 Å². The van der Waals surface area contributed by atoms with Crippen molar-refractivity contribution in [2.24, 2.45) is 16.8 Å². The average molecular weight is 267 g/mol. The Balaban J connectivity index is 2.75. The largest absolute Gasteiger partial charge is 0.496 e. The van der Waals surface area contributed by atoms with Crippen LogP contribution in [0.4, 0.5) is 0 Å². The number of benzene rings is 1. The van der Waals surface area contributed by atoms with E-state index in [-0.39, 0.29) is 18.4 Å². The lowest BCUT2D eigenvalue weighted by Crippen LogP contribution is -2.23. The number of hydrogen-bond acceptors (Lipinski definition) is 5. The molecular weight excluding hydrogens is 246 g/mol. The molecule has 6 heteroatoms. The van der Waals surface area contributed by atoms with Gasteiger partial charge in [0.2, 0.25) is 0 Å². The Bertz CT molecular complexity index is 435. The number of rotatable bonds is 7. The molecule has 0 aliphatic rings. The zero-order chi connectivity index (χ0) is 14.3. The number of nitrogens with two attached hydrogens (primary N) is 1. The summed E-state index contributed by atoms with van der Waals surface area (Å²) in [6.45, 7) is 3.48. The van der Waals surface area contributed by atoms with Crippen LogP contribution in [0.1, 0.15) is 18.1 Å². The van der Waals surface area contributed by atoms with Crippen molar-refractivity contribution in [3.8, 4) is 5.75 Å². The lowest BCUT2D eigenvalue weighted by molar-refractivity contribution is 0.233. The van der Waals surface area contributed by atoms with Gasteiger partial charge in [0.05, 0.1) is 12.7 Å². The maximum Gasteiger partial charge on any atom is 0.173 e. The van der Waals surface area contributed by atoms with E-state index >= 15 is 0 Å². The van der Waals surface area contributed by atoms with Gasteiger partial charge in [0, 0.05) is 19.7 Å². The summed E-state index contributed by atoms with van der Waals surface area (Å²) in [4.78, 5) is 0. The zero-order valence-electron chi connectivity index (χ0n) is 11.3. The average Bonchev–Trinajstić information content (AvgIpc) is 2.45. The Morgan fingerprint density at radius 2 is 2.26 bits per heavy atom. The Hall–Kier alpha value is -1.79. The highest BCUT2D eigenvalue weighted by atomic mass is 16.5. The molecule has 0 spiro atoms. The second-order valence-corrected chi connectivity index (χ2v) is 4.44. The minimum Gasteiger partial charge on any atom is -0.496 e. The van der Waals surface area contributed by atoms with Crippen LogP contribution in [0.25, 0.3) is 0 Å². The summed E-state index contributed by atoms with van der Waals surface area (Å²) in [6.07, 6.45) is 0. The summed E-state index contributed by atoms with van der Waals surface area (Å²) in [6, 6.07) is 5.49. The van der Waals surface area contributed by atoms with Crippen LogP contribution in [0, 0.1) is 5.92 Å². The van der Waals surface area contributed by atoms with E-state index in [0.29, 0.717) is 17.9 Å². The standard InChI is InChI=1S/C13H21N3O3/c1-9(8-17)6-15-7-10-3-4-12(19-2)11(5-10)13(14)16-18/h3-5,9,15,17-18H,6-8H2,1-2H3,(H2,14,16). The Labute approximate surface area is 112 Å². The molecule has 0 bridgehead atoms. The predicted molar refractivity (Wildman–Crippen MR) is 73.5 cm³/mol. The third kappa shape index (κ3) is 4.42. The fourth-order valence-corrected chi connectivity index (χ4v) is 1.65. The van der Waals surface area contributed by atoms with Gasteiger partial charge in [0.15, 0.2) is 5.84 Å². The molecule has 0 fully saturated rings. The Morgan fingerprint density at radius 1 is 1.53 bits per heavy atom. The van der Waals surface area contributed by atoms with E-state index in [1.807, 2.05) is 19.1 Å². The summed E-state index contributed by atoms with van der Waals surface area (Å²) in [7, 11) is 1.53. The number of nitrogens with zero attached hydrogens (tertiary/aromatic N) is 1. The van der Waals surface area contributed by atoms with Crippen LogP contribution >= 0.6 is 0 Å². The molecule has 1 aromatic rings. The van der Waals surface area contributed by atoms with E-state index in [2.05, 4.69) is 10.5 Å².